The molecule has 5 amide bonds. The number of urea groups is 1. The van der Waals surface area contributed by atoms with Gasteiger partial charge in [-0.05, 0) is 72.5 Å². The molecule has 1 heterocycles. The summed E-state index contributed by atoms with van der Waals surface area (Å²) in [6, 6.07) is -4.33. The molecule has 5 rings (SSSR count). The number of carbonyl (C=O) groups is 6. The van der Waals surface area contributed by atoms with Crippen LogP contribution in [0.3, 0.4) is 0 Å². The van der Waals surface area contributed by atoms with E-state index in [4.69, 9.17) is 10.5 Å². The highest BCUT2D eigenvalue weighted by atomic mass is 16.5. The third kappa shape index (κ3) is 7.46. The SMILES string of the molecule is CC(C)(C)[C@H](NC(=O)N[C@H](C(=O)OCC1CC1)C1CCCC1)C(=O)N1C[C@H]2[C@@H]([C@H]1C(=O)NC(CC1CC1)C(=O)C(N)=O)C2(C)C. The molecule has 4 saturated carbocycles. The molecule has 0 aromatic heterocycles. The number of fused-ring (bicyclic) bond motifs is 1. The fourth-order valence-corrected chi connectivity index (χ4v) is 7.52. The van der Waals surface area contributed by atoms with E-state index in [-0.39, 0.29) is 29.1 Å². The summed E-state index contributed by atoms with van der Waals surface area (Å²) in [6.07, 6.45) is 7.85. The topological polar surface area (TPSA) is 177 Å². The maximum absolute atomic E-state index is 14.3. The smallest absolute Gasteiger partial charge is 0.328 e. The van der Waals surface area contributed by atoms with Crippen molar-refractivity contribution in [2.45, 2.75) is 117 Å². The van der Waals surface area contributed by atoms with Crippen molar-refractivity contribution >= 4 is 35.5 Å². The highest BCUT2D eigenvalue weighted by Crippen LogP contribution is 2.65. The molecule has 12 nitrogen and oxygen atoms in total. The number of carbonyl (C=O) groups excluding carboxylic acids is 6. The first-order chi connectivity index (χ1) is 21.1. The molecular weight excluding hydrogens is 578 g/mol. The number of amides is 5. The number of ether oxygens (including phenoxy) is 1. The Bertz CT molecular complexity index is 1210. The number of hydrogen-bond donors (Lipinski definition) is 4. The highest BCUT2D eigenvalue weighted by molar-refractivity contribution is 6.37. The summed E-state index contributed by atoms with van der Waals surface area (Å²) in [6.45, 7) is 10.3. The molecule has 4 aliphatic carbocycles. The molecule has 1 aliphatic heterocycles. The Morgan fingerprint density at radius 3 is 2.09 bits per heavy atom. The number of nitrogens with zero attached hydrogens (tertiary/aromatic N) is 1. The van der Waals surface area contributed by atoms with Crippen molar-refractivity contribution in [1.29, 1.82) is 0 Å². The summed E-state index contributed by atoms with van der Waals surface area (Å²) in [4.78, 5) is 80.5. The second-order valence-corrected chi connectivity index (χ2v) is 15.9. The first-order valence-corrected chi connectivity index (χ1v) is 16.8. The molecule has 1 unspecified atom stereocenters. The summed E-state index contributed by atoms with van der Waals surface area (Å²) in [5, 5.41) is 8.44. The van der Waals surface area contributed by atoms with Crippen molar-refractivity contribution in [2.75, 3.05) is 13.2 Å². The Kier molecular flexibility index (Phi) is 9.26. The standard InChI is InChI=1S/C33H51N5O7/c1-32(2,3)26(37-31(44)36-23(19-8-6-7-9-19)30(43)45-16-18-12-13-18)29(42)38-15-20-22(33(20,4)5)24(38)28(41)35-21(14-17-10-11-17)25(39)27(34)40/h17-24,26H,6-16H2,1-5H3,(H2,34,40)(H,35,41)(H2,36,37,44)/t20-,21?,22-,23-,24-,26+/m0/s1. The zero-order chi connectivity index (χ0) is 32.8. The van der Waals surface area contributed by atoms with Crippen LogP contribution in [0, 0.1) is 40.4 Å². The van der Waals surface area contributed by atoms with Gasteiger partial charge >= 0.3 is 12.0 Å². The average Bonchev–Trinajstić information content (AvgIpc) is 3.92. The molecule has 1 saturated heterocycles. The van der Waals surface area contributed by atoms with Gasteiger partial charge in [0.25, 0.3) is 5.91 Å². The van der Waals surface area contributed by atoms with Crippen LogP contribution in [0.1, 0.15) is 92.4 Å². The van der Waals surface area contributed by atoms with Crippen LogP contribution in [-0.4, -0.2) is 77.7 Å². The lowest BCUT2D eigenvalue weighted by molar-refractivity contribution is -0.148. The number of ketones is 1. The average molecular weight is 630 g/mol. The van der Waals surface area contributed by atoms with E-state index in [9.17, 15) is 28.8 Å². The van der Waals surface area contributed by atoms with E-state index in [1.165, 1.54) is 4.90 Å². The number of rotatable bonds is 13. The second-order valence-electron chi connectivity index (χ2n) is 15.9. The van der Waals surface area contributed by atoms with E-state index in [0.717, 1.165) is 51.4 Å². The van der Waals surface area contributed by atoms with Gasteiger partial charge in [-0.3, -0.25) is 19.2 Å². The first-order valence-electron chi connectivity index (χ1n) is 16.8. The maximum Gasteiger partial charge on any atom is 0.328 e. The largest absolute Gasteiger partial charge is 0.464 e. The van der Waals surface area contributed by atoms with E-state index >= 15 is 0 Å². The molecule has 5 fully saturated rings. The van der Waals surface area contributed by atoms with Crippen molar-refractivity contribution < 1.29 is 33.5 Å². The molecule has 0 aromatic rings. The highest BCUT2D eigenvalue weighted by Gasteiger charge is 2.70. The zero-order valence-corrected chi connectivity index (χ0v) is 27.4. The normalized spacial score (nSPS) is 27.5. The van der Waals surface area contributed by atoms with Gasteiger partial charge in [0, 0.05) is 6.54 Å². The maximum atomic E-state index is 14.3. The molecule has 0 spiro atoms. The van der Waals surface area contributed by atoms with Crippen LogP contribution in [-0.2, 0) is 28.7 Å². The molecule has 0 bridgehead atoms. The fourth-order valence-electron chi connectivity index (χ4n) is 7.52. The number of nitrogens with two attached hydrogens (primary N) is 1. The number of esters is 1. The number of Topliss-reactive ketones (excluding diaryl/α,β-unsaturated/α-hetero) is 1. The predicted molar refractivity (Wildman–Crippen MR) is 164 cm³/mol. The lowest BCUT2D eigenvalue weighted by Crippen LogP contribution is -2.62. The molecule has 5 N–H and O–H groups in total. The molecule has 12 heteroatoms. The van der Waals surface area contributed by atoms with Crippen LogP contribution in [0.5, 0.6) is 0 Å². The molecule has 6 atom stereocenters. The van der Waals surface area contributed by atoms with Gasteiger partial charge in [0.2, 0.25) is 17.6 Å². The monoisotopic (exact) mass is 629 g/mol. The van der Waals surface area contributed by atoms with Gasteiger partial charge in [0.15, 0.2) is 0 Å². The molecular formula is C33H51N5O7. The van der Waals surface area contributed by atoms with Gasteiger partial charge in [-0.25, -0.2) is 9.59 Å². The van der Waals surface area contributed by atoms with Gasteiger partial charge < -0.3 is 31.3 Å². The van der Waals surface area contributed by atoms with Crippen molar-refractivity contribution in [1.82, 2.24) is 20.9 Å². The summed E-state index contributed by atoms with van der Waals surface area (Å²) < 4.78 is 5.56. The van der Waals surface area contributed by atoms with E-state index in [1.54, 1.807) is 0 Å². The lowest BCUT2D eigenvalue weighted by Gasteiger charge is -2.38. The van der Waals surface area contributed by atoms with Crippen molar-refractivity contribution in [2.24, 2.45) is 46.2 Å². The Hall–Kier alpha value is -3.18. The molecule has 0 aromatic carbocycles. The van der Waals surface area contributed by atoms with Crippen LogP contribution in [0.4, 0.5) is 4.79 Å². The Morgan fingerprint density at radius 1 is 0.911 bits per heavy atom. The number of piperidine rings is 1. The number of hydrogen-bond acceptors (Lipinski definition) is 7. The second kappa shape index (κ2) is 12.5. The minimum atomic E-state index is -1.10. The fraction of sp³-hybridized carbons (Fsp3) is 0.818. The van der Waals surface area contributed by atoms with Gasteiger partial charge in [-0.2, -0.15) is 0 Å². The van der Waals surface area contributed by atoms with Crippen molar-refractivity contribution in [3.63, 3.8) is 0 Å². The van der Waals surface area contributed by atoms with Gasteiger partial charge in [0.05, 0.1) is 12.6 Å². The first kappa shape index (κ1) is 33.2. The Morgan fingerprint density at radius 2 is 1.53 bits per heavy atom. The van der Waals surface area contributed by atoms with Gasteiger partial charge in [0.1, 0.15) is 18.1 Å². The molecule has 0 radical (unpaired) electrons. The minimum absolute atomic E-state index is 0.0288. The Labute approximate surface area is 265 Å². The summed E-state index contributed by atoms with van der Waals surface area (Å²) in [5.41, 5.74) is 4.38. The molecule has 250 valence electrons. The zero-order valence-electron chi connectivity index (χ0n) is 27.4. The van der Waals surface area contributed by atoms with Crippen LogP contribution >= 0.6 is 0 Å². The summed E-state index contributed by atoms with van der Waals surface area (Å²) >= 11 is 0. The quantitative estimate of drug-likeness (QED) is 0.178. The summed E-state index contributed by atoms with van der Waals surface area (Å²) in [7, 11) is 0. The van der Waals surface area contributed by atoms with Crippen LogP contribution in [0.15, 0.2) is 0 Å². The van der Waals surface area contributed by atoms with Crippen LogP contribution in [0.25, 0.3) is 0 Å². The van der Waals surface area contributed by atoms with Crippen molar-refractivity contribution in [3.05, 3.63) is 0 Å². The van der Waals surface area contributed by atoms with Gasteiger partial charge in [-0.1, -0.05) is 60.3 Å². The van der Waals surface area contributed by atoms with Gasteiger partial charge in [-0.15, -0.1) is 0 Å². The minimum Gasteiger partial charge on any atom is -0.464 e. The van der Waals surface area contributed by atoms with E-state index in [2.05, 4.69) is 29.8 Å². The van der Waals surface area contributed by atoms with Crippen LogP contribution < -0.4 is 21.7 Å². The summed E-state index contributed by atoms with van der Waals surface area (Å²) in [5.74, 6) is -2.70. The third-order valence-corrected chi connectivity index (χ3v) is 10.9. The van der Waals surface area contributed by atoms with Crippen molar-refractivity contribution in [3.8, 4) is 0 Å². The Balaban J connectivity index is 1.30. The predicted octanol–water partition coefficient (Wildman–Crippen LogP) is 2.03. The van der Waals surface area contributed by atoms with Crippen LogP contribution in [0.2, 0.25) is 0 Å². The lowest BCUT2D eigenvalue weighted by atomic mass is 9.85. The van der Waals surface area contributed by atoms with E-state index < -0.39 is 65.1 Å². The molecule has 5 aliphatic rings. The third-order valence-electron chi connectivity index (χ3n) is 10.9. The number of primary amides is 1. The number of nitrogens with one attached hydrogen (secondary N) is 3. The number of likely N-dealkylation sites (tertiary alicyclic amines) is 1. The molecule has 45 heavy (non-hydrogen) atoms. The van der Waals surface area contributed by atoms with E-state index in [1.807, 2.05) is 20.8 Å². The van der Waals surface area contributed by atoms with E-state index in [0.29, 0.717) is 25.5 Å².